The van der Waals surface area contributed by atoms with E-state index in [0.29, 0.717) is 12.3 Å². The molecule has 0 spiro atoms. The summed E-state index contributed by atoms with van der Waals surface area (Å²) < 4.78 is 40.2. The molecule has 0 radical (unpaired) electrons. The van der Waals surface area contributed by atoms with Crippen LogP contribution in [0.4, 0.5) is 4.39 Å². The first-order valence-electron chi connectivity index (χ1n) is 6.75. The van der Waals surface area contributed by atoms with Gasteiger partial charge < -0.3 is 15.4 Å². The summed E-state index contributed by atoms with van der Waals surface area (Å²) in [4.78, 5) is 13.3. The number of halogens is 2. The second kappa shape index (κ2) is 9.69. The third-order valence-electron chi connectivity index (χ3n) is 3.00. The molecule has 1 rings (SSSR count). The molecule has 0 saturated heterocycles. The van der Waals surface area contributed by atoms with Crippen LogP contribution in [0.1, 0.15) is 6.42 Å². The molecule has 0 aromatic heterocycles. The monoisotopic (exact) mass is 368 g/mol. The van der Waals surface area contributed by atoms with Gasteiger partial charge in [0.05, 0.1) is 18.3 Å². The van der Waals surface area contributed by atoms with Crippen molar-refractivity contribution in [1.82, 2.24) is 4.90 Å². The van der Waals surface area contributed by atoms with E-state index >= 15 is 0 Å². The van der Waals surface area contributed by atoms with E-state index in [-0.39, 0.29) is 42.9 Å². The molecular weight excluding hydrogens is 347 g/mol. The van der Waals surface area contributed by atoms with Crippen LogP contribution >= 0.6 is 12.4 Å². The summed E-state index contributed by atoms with van der Waals surface area (Å²) in [5.74, 6) is -0.314. The van der Waals surface area contributed by atoms with Crippen molar-refractivity contribution in [3.8, 4) is 5.75 Å². The Morgan fingerprint density at radius 2 is 1.91 bits per heavy atom. The van der Waals surface area contributed by atoms with Gasteiger partial charge in [-0.3, -0.25) is 4.79 Å². The number of hydrogen-bond donors (Lipinski definition) is 1. The van der Waals surface area contributed by atoms with Crippen molar-refractivity contribution in [1.29, 1.82) is 0 Å². The van der Waals surface area contributed by atoms with Gasteiger partial charge in [-0.25, -0.2) is 12.8 Å². The molecule has 1 unspecified atom stereocenters. The summed E-state index contributed by atoms with van der Waals surface area (Å²) in [5, 5.41) is 0. The minimum atomic E-state index is -3.14. The maximum atomic E-state index is 12.7. The van der Waals surface area contributed by atoms with Gasteiger partial charge in [0.25, 0.3) is 0 Å². The number of likely N-dealkylation sites (N-methyl/N-ethyl adjacent to an activating group) is 1. The normalized spacial score (nSPS) is 12.2. The molecule has 1 amide bonds. The molecule has 0 aliphatic carbocycles. The van der Waals surface area contributed by atoms with Crippen LogP contribution in [0.15, 0.2) is 24.3 Å². The Morgan fingerprint density at radius 1 is 1.35 bits per heavy atom. The Kier molecular flexibility index (Phi) is 9.11. The van der Waals surface area contributed by atoms with E-state index in [4.69, 9.17) is 10.5 Å². The number of carbonyl (C=O) groups excluding carboxylic acids is 1. The first kappa shape index (κ1) is 21.6. The predicted octanol–water partition coefficient (Wildman–Crippen LogP) is 0.847. The van der Waals surface area contributed by atoms with Crippen LogP contribution in [0.5, 0.6) is 5.75 Å². The number of sulfone groups is 1. The maximum absolute atomic E-state index is 12.7. The van der Waals surface area contributed by atoms with Crippen LogP contribution < -0.4 is 10.5 Å². The molecule has 0 heterocycles. The fourth-order valence-corrected chi connectivity index (χ4v) is 2.37. The largest absolute Gasteiger partial charge is 0.492 e. The average Bonchev–Trinajstić information content (AvgIpc) is 2.45. The summed E-state index contributed by atoms with van der Waals surface area (Å²) in [7, 11) is -1.57. The first-order chi connectivity index (χ1) is 10.2. The van der Waals surface area contributed by atoms with Crippen molar-refractivity contribution in [2.45, 2.75) is 12.5 Å². The van der Waals surface area contributed by atoms with Crippen LogP contribution in [0.3, 0.4) is 0 Å². The molecule has 0 aliphatic rings. The molecule has 6 nitrogen and oxygen atoms in total. The van der Waals surface area contributed by atoms with Crippen molar-refractivity contribution in [3.63, 3.8) is 0 Å². The highest BCUT2D eigenvalue weighted by atomic mass is 35.5. The summed E-state index contributed by atoms with van der Waals surface area (Å²) in [6.07, 6.45) is 1.19. The zero-order valence-electron chi connectivity index (χ0n) is 13.1. The van der Waals surface area contributed by atoms with Crippen molar-refractivity contribution < 1.29 is 22.3 Å². The number of amides is 1. The third-order valence-corrected chi connectivity index (χ3v) is 3.98. The molecule has 23 heavy (non-hydrogen) atoms. The zero-order chi connectivity index (χ0) is 16.8. The summed E-state index contributed by atoms with van der Waals surface area (Å²) in [5.41, 5.74) is 5.69. The van der Waals surface area contributed by atoms with Gasteiger partial charge in [-0.05, 0) is 30.7 Å². The molecule has 1 aromatic carbocycles. The summed E-state index contributed by atoms with van der Waals surface area (Å²) in [6, 6.07) is 4.70. The number of carbonyl (C=O) groups is 1. The van der Waals surface area contributed by atoms with Gasteiger partial charge in [0.2, 0.25) is 5.91 Å². The lowest BCUT2D eigenvalue weighted by Crippen LogP contribution is -2.44. The van der Waals surface area contributed by atoms with E-state index in [0.717, 1.165) is 6.26 Å². The molecule has 0 bridgehead atoms. The number of ether oxygens (including phenoxy) is 1. The fourth-order valence-electron chi connectivity index (χ4n) is 1.69. The van der Waals surface area contributed by atoms with E-state index in [1.165, 1.54) is 29.2 Å². The molecular formula is C14H22ClFN2O4S. The highest BCUT2D eigenvalue weighted by Gasteiger charge is 2.19. The van der Waals surface area contributed by atoms with Crippen LogP contribution in [0, 0.1) is 5.82 Å². The Hall–Kier alpha value is -1.38. The van der Waals surface area contributed by atoms with E-state index in [9.17, 15) is 17.6 Å². The lowest BCUT2D eigenvalue weighted by atomic mass is 10.2. The molecule has 2 N–H and O–H groups in total. The topological polar surface area (TPSA) is 89.7 Å². The highest BCUT2D eigenvalue weighted by Crippen LogP contribution is 2.10. The minimum Gasteiger partial charge on any atom is -0.492 e. The van der Waals surface area contributed by atoms with E-state index in [1.807, 2.05) is 0 Å². The van der Waals surface area contributed by atoms with Gasteiger partial charge in [-0.1, -0.05) is 0 Å². The van der Waals surface area contributed by atoms with Gasteiger partial charge in [0, 0.05) is 13.3 Å². The molecule has 0 aliphatic heterocycles. The van der Waals surface area contributed by atoms with Crippen LogP contribution in [-0.4, -0.2) is 57.5 Å². The van der Waals surface area contributed by atoms with Crippen molar-refractivity contribution in [2.75, 3.05) is 32.2 Å². The van der Waals surface area contributed by atoms with Gasteiger partial charge in [-0.2, -0.15) is 0 Å². The van der Waals surface area contributed by atoms with Crippen molar-refractivity contribution in [3.05, 3.63) is 30.1 Å². The van der Waals surface area contributed by atoms with Gasteiger partial charge in [-0.15, -0.1) is 12.4 Å². The summed E-state index contributed by atoms with van der Waals surface area (Å²) >= 11 is 0. The molecule has 0 saturated carbocycles. The Bertz CT molecular complexity index is 595. The Morgan fingerprint density at radius 3 is 2.43 bits per heavy atom. The van der Waals surface area contributed by atoms with Gasteiger partial charge in [0.15, 0.2) is 0 Å². The van der Waals surface area contributed by atoms with Crippen molar-refractivity contribution >= 4 is 28.2 Å². The van der Waals surface area contributed by atoms with Crippen LogP contribution in [0.2, 0.25) is 0 Å². The second-order valence-corrected chi connectivity index (χ2v) is 7.35. The van der Waals surface area contributed by atoms with Gasteiger partial charge >= 0.3 is 0 Å². The molecule has 1 aromatic rings. The van der Waals surface area contributed by atoms with Crippen LogP contribution in [0.25, 0.3) is 0 Å². The number of nitrogens with zero attached hydrogens (tertiary/aromatic N) is 1. The number of benzene rings is 1. The Balaban J connectivity index is 0.00000484. The lowest BCUT2D eigenvalue weighted by molar-refractivity contribution is -0.131. The number of nitrogens with two attached hydrogens (primary N) is 1. The van der Waals surface area contributed by atoms with Crippen molar-refractivity contribution in [2.24, 2.45) is 5.73 Å². The minimum absolute atomic E-state index is 0. The van der Waals surface area contributed by atoms with Crippen LogP contribution in [-0.2, 0) is 14.6 Å². The van der Waals surface area contributed by atoms with Gasteiger partial charge in [0.1, 0.15) is 28.0 Å². The SMILES string of the molecule is CN(CCOc1ccc(F)cc1)C(=O)C(N)CCS(C)(=O)=O.Cl. The molecule has 9 heteroatoms. The second-order valence-electron chi connectivity index (χ2n) is 5.09. The third kappa shape index (κ3) is 8.73. The molecule has 1 atom stereocenters. The standard InChI is InChI=1S/C14H21FN2O4S.ClH/c1-17(14(18)13(16)7-10-22(2,19)20)8-9-21-12-5-3-11(15)4-6-12;/h3-6,13H,7-10,16H2,1-2H3;1H. The highest BCUT2D eigenvalue weighted by molar-refractivity contribution is 7.90. The fraction of sp³-hybridized carbons (Fsp3) is 0.500. The molecule has 0 fully saturated rings. The smallest absolute Gasteiger partial charge is 0.239 e. The quantitative estimate of drug-likeness (QED) is 0.734. The zero-order valence-corrected chi connectivity index (χ0v) is 14.7. The van der Waals surface area contributed by atoms with E-state index in [2.05, 4.69) is 0 Å². The molecule has 132 valence electrons. The predicted molar refractivity (Wildman–Crippen MR) is 89.1 cm³/mol. The number of rotatable bonds is 8. The number of hydrogen-bond acceptors (Lipinski definition) is 5. The lowest BCUT2D eigenvalue weighted by Gasteiger charge is -2.21. The first-order valence-corrected chi connectivity index (χ1v) is 8.82. The summed E-state index contributed by atoms with van der Waals surface area (Å²) in [6.45, 7) is 0.523. The Labute approximate surface area is 142 Å². The van der Waals surface area contributed by atoms with E-state index in [1.54, 1.807) is 7.05 Å². The average molecular weight is 369 g/mol. The maximum Gasteiger partial charge on any atom is 0.239 e. The van der Waals surface area contributed by atoms with E-state index < -0.39 is 15.9 Å².